The summed E-state index contributed by atoms with van der Waals surface area (Å²) in [4.78, 5) is 0. The number of fused-ring (bicyclic) bond motifs is 1. The lowest BCUT2D eigenvalue weighted by Crippen LogP contribution is -1.97. The topological polar surface area (TPSA) is 9.23 Å². The van der Waals surface area contributed by atoms with E-state index < -0.39 is 23.3 Å². The van der Waals surface area contributed by atoms with Crippen molar-refractivity contribution < 1.29 is 22.3 Å². The molecule has 0 bridgehead atoms. The summed E-state index contributed by atoms with van der Waals surface area (Å²) in [5.74, 6) is 1.97. The zero-order valence-corrected chi connectivity index (χ0v) is 19.3. The van der Waals surface area contributed by atoms with E-state index in [9.17, 15) is 17.6 Å². The molecule has 4 rings (SSSR count). The van der Waals surface area contributed by atoms with Gasteiger partial charge in [-0.05, 0) is 78.2 Å². The van der Waals surface area contributed by atoms with E-state index in [0.717, 1.165) is 42.2 Å². The van der Waals surface area contributed by atoms with Gasteiger partial charge in [0, 0.05) is 10.9 Å². The molecule has 0 amide bonds. The molecule has 0 N–H and O–H groups in total. The molecule has 0 aliphatic heterocycles. The van der Waals surface area contributed by atoms with Crippen molar-refractivity contribution in [3.63, 3.8) is 0 Å². The number of halogens is 4. The Bertz CT molecular complexity index is 1400. The SMILES string of the molecule is CCCCOc1ccc(CCc2ccc(C#Cc3ccc4c(F)c(F)c(F)cc4c3)c(F)c2)cc1. The van der Waals surface area contributed by atoms with Gasteiger partial charge >= 0.3 is 0 Å². The highest BCUT2D eigenvalue weighted by Crippen LogP contribution is 2.24. The lowest BCUT2D eigenvalue weighted by atomic mass is 10.0. The van der Waals surface area contributed by atoms with Crippen molar-refractivity contribution >= 4 is 10.8 Å². The molecule has 0 radical (unpaired) electrons. The first kappa shape index (κ1) is 24.3. The first-order chi connectivity index (χ1) is 16.9. The van der Waals surface area contributed by atoms with Crippen LogP contribution in [0.4, 0.5) is 17.6 Å². The third-order valence-corrected chi connectivity index (χ3v) is 5.74. The van der Waals surface area contributed by atoms with E-state index >= 15 is 0 Å². The third kappa shape index (κ3) is 6.02. The largest absolute Gasteiger partial charge is 0.494 e. The molecular weight excluding hydrogens is 452 g/mol. The predicted octanol–water partition coefficient (Wildman–Crippen LogP) is 7.76. The van der Waals surface area contributed by atoms with Crippen molar-refractivity contribution in [3.05, 3.63) is 112 Å². The fourth-order valence-electron chi connectivity index (χ4n) is 3.71. The van der Waals surface area contributed by atoms with Gasteiger partial charge in [0.15, 0.2) is 17.5 Å². The smallest absolute Gasteiger partial charge is 0.195 e. The van der Waals surface area contributed by atoms with Crippen LogP contribution >= 0.6 is 0 Å². The summed E-state index contributed by atoms with van der Waals surface area (Å²) in [6.07, 6.45) is 3.56. The van der Waals surface area contributed by atoms with Crippen molar-refractivity contribution in [2.45, 2.75) is 32.6 Å². The van der Waals surface area contributed by atoms with E-state index in [0.29, 0.717) is 18.6 Å². The number of unbranched alkanes of at least 4 members (excludes halogenated alkanes) is 1. The summed E-state index contributed by atoms with van der Waals surface area (Å²) < 4.78 is 61.1. The van der Waals surface area contributed by atoms with Gasteiger partial charge in [-0.2, -0.15) is 0 Å². The highest BCUT2D eigenvalue weighted by molar-refractivity contribution is 5.84. The highest BCUT2D eigenvalue weighted by Gasteiger charge is 2.13. The van der Waals surface area contributed by atoms with E-state index in [1.165, 1.54) is 24.3 Å². The second-order valence-corrected chi connectivity index (χ2v) is 8.33. The number of hydrogen-bond donors (Lipinski definition) is 0. The summed E-state index contributed by atoms with van der Waals surface area (Å²) >= 11 is 0. The number of aryl methyl sites for hydroxylation is 2. The Balaban J connectivity index is 1.41. The van der Waals surface area contributed by atoms with E-state index in [1.54, 1.807) is 6.07 Å². The summed E-state index contributed by atoms with van der Waals surface area (Å²) in [5, 5.41) is 0.146. The molecule has 178 valence electrons. The maximum atomic E-state index is 14.6. The molecule has 0 unspecified atom stereocenters. The summed E-state index contributed by atoms with van der Waals surface area (Å²) in [6.45, 7) is 2.83. The van der Waals surface area contributed by atoms with Gasteiger partial charge < -0.3 is 4.74 Å². The molecular formula is C30H24F4O. The van der Waals surface area contributed by atoms with Crippen molar-refractivity contribution in [3.8, 4) is 17.6 Å². The van der Waals surface area contributed by atoms with Crippen LogP contribution in [0, 0.1) is 35.1 Å². The molecule has 0 aromatic heterocycles. The van der Waals surface area contributed by atoms with E-state index in [4.69, 9.17) is 4.74 Å². The summed E-state index contributed by atoms with van der Waals surface area (Å²) in [7, 11) is 0. The lowest BCUT2D eigenvalue weighted by Gasteiger charge is -2.07. The monoisotopic (exact) mass is 476 g/mol. The molecule has 0 fully saturated rings. The van der Waals surface area contributed by atoms with Crippen LogP contribution in [0.15, 0.2) is 66.7 Å². The average Bonchev–Trinajstić information content (AvgIpc) is 2.86. The molecule has 0 aliphatic rings. The van der Waals surface area contributed by atoms with Crippen LogP contribution in [0.2, 0.25) is 0 Å². The molecule has 4 aromatic rings. The molecule has 0 atom stereocenters. The van der Waals surface area contributed by atoms with Gasteiger partial charge in [-0.25, -0.2) is 17.6 Å². The van der Waals surface area contributed by atoms with Crippen LogP contribution in [0.25, 0.3) is 10.8 Å². The molecule has 5 heteroatoms. The zero-order chi connectivity index (χ0) is 24.8. The van der Waals surface area contributed by atoms with Gasteiger partial charge in [0.25, 0.3) is 0 Å². The molecule has 0 heterocycles. The second-order valence-electron chi connectivity index (χ2n) is 8.33. The molecule has 4 aromatic carbocycles. The van der Waals surface area contributed by atoms with Crippen LogP contribution in [0.1, 0.15) is 42.0 Å². The Hall–Kier alpha value is -3.78. The Morgan fingerprint density at radius 3 is 2.20 bits per heavy atom. The molecule has 35 heavy (non-hydrogen) atoms. The average molecular weight is 477 g/mol. The van der Waals surface area contributed by atoms with Crippen molar-refractivity contribution in [2.24, 2.45) is 0 Å². The first-order valence-electron chi connectivity index (χ1n) is 11.5. The van der Waals surface area contributed by atoms with Gasteiger partial charge in [0.05, 0.1) is 12.2 Å². The van der Waals surface area contributed by atoms with E-state index in [-0.39, 0.29) is 16.3 Å². The van der Waals surface area contributed by atoms with Gasteiger partial charge in [0.1, 0.15) is 11.6 Å². The van der Waals surface area contributed by atoms with Crippen LogP contribution in [-0.4, -0.2) is 6.61 Å². The van der Waals surface area contributed by atoms with Crippen molar-refractivity contribution in [1.29, 1.82) is 0 Å². The first-order valence-corrected chi connectivity index (χ1v) is 11.5. The van der Waals surface area contributed by atoms with Crippen LogP contribution in [0.5, 0.6) is 5.75 Å². The Kier molecular flexibility index (Phi) is 7.72. The van der Waals surface area contributed by atoms with Crippen LogP contribution in [-0.2, 0) is 12.8 Å². The fraction of sp³-hybridized carbons (Fsp3) is 0.200. The Morgan fingerprint density at radius 1 is 0.714 bits per heavy atom. The minimum atomic E-state index is -1.51. The number of rotatable bonds is 7. The zero-order valence-electron chi connectivity index (χ0n) is 19.3. The van der Waals surface area contributed by atoms with Crippen molar-refractivity contribution in [2.75, 3.05) is 6.61 Å². The quantitative estimate of drug-likeness (QED) is 0.115. The maximum absolute atomic E-state index is 14.6. The normalized spacial score (nSPS) is 10.8. The minimum absolute atomic E-state index is 0.0383. The van der Waals surface area contributed by atoms with Crippen molar-refractivity contribution in [1.82, 2.24) is 0 Å². The van der Waals surface area contributed by atoms with E-state index in [1.807, 2.05) is 30.3 Å². The molecule has 1 nitrogen and oxygen atoms in total. The fourth-order valence-corrected chi connectivity index (χ4v) is 3.71. The molecule has 0 spiro atoms. The van der Waals surface area contributed by atoms with Crippen LogP contribution < -0.4 is 4.74 Å². The minimum Gasteiger partial charge on any atom is -0.494 e. The number of benzene rings is 4. The summed E-state index contributed by atoms with van der Waals surface area (Å²) in [5.41, 5.74) is 2.66. The molecule has 0 saturated heterocycles. The maximum Gasteiger partial charge on any atom is 0.195 e. The van der Waals surface area contributed by atoms with Gasteiger partial charge in [-0.1, -0.05) is 49.5 Å². The van der Waals surface area contributed by atoms with Gasteiger partial charge in [-0.3, -0.25) is 0 Å². The number of ether oxygens (including phenoxy) is 1. The summed E-state index contributed by atoms with van der Waals surface area (Å²) in [6, 6.07) is 18.1. The second kappa shape index (κ2) is 11.1. The lowest BCUT2D eigenvalue weighted by molar-refractivity contribution is 0.309. The third-order valence-electron chi connectivity index (χ3n) is 5.74. The molecule has 0 aliphatic carbocycles. The van der Waals surface area contributed by atoms with Gasteiger partial charge in [0.2, 0.25) is 0 Å². The van der Waals surface area contributed by atoms with Gasteiger partial charge in [-0.15, -0.1) is 0 Å². The Morgan fingerprint density at radius 2 is 1.46 bits per heavy atom. The Labute approximate surface area is 202 Å². The van der Waals surface area contributed by atoms with E-state index in [2.05, 4.69) is 18.8 Å². The number of hydrogen-bond acceptors (Lipinski definition) is 1. The molecule has 0 saturated carbocycles. The van der Waals surface area contributed by atoms with Crippen LogP contribution in [0.3, 0.4) is 0 Å². The highest BCUT2D eigenvalue weighted by atomic mass is 19.2. The standard InChI is InChI=1S/C30H24F4O/c1-2-3-16-35-25-13-8-20(9-14-25)4-5-22-7-12-23(27(31)18-22)11-6-21-10-15-26-24(17-21)19-28(32)30(34)29(26)33/h7-10,12-15,17-19H,2-5,16H2,1H3. The predicted molar refractivity (Wildman–Crippen MR) is 130 cm³/mol.